The maximum Gasteiger partial charge on any atom is 0.415 e. The van der Waals surface area contributed by atoms with Crippen molar-refractivity contribution in [3.05, 3.63) is 59.7 Å². The van der Waals surface area contributed by atoms with Crippen LogP contribution in [0.5, 0.6) is 11.5 Å². The first-order chi connectivity index (χ1) is 21.7. The fraction of sp³-hybridized carbons (Fsp3) is 0.529. The number of hydrogen-bond acceptors (Lipinski definition) is 7. The minimum Gasteiger partial charge on any atom is -0.483 e. The number of carbonyl (C=O) groups is 4. The van der Waals surface area contributed by atoms with E-state index in [0.717, 1.165) is 18.4 Å². The van der Waals surface area contributed by atoms with Gasteiger partial charge in [0.05, 0.1) is 13.2 Å². The number of carbonyl (C=O) groups excluding carboxylic acids is 3. The molecule has 0 bridgehead atoms. The highest BCUT2D eigenvalue weighted by Crippen LogP contribution is 2.37. The Balaban J connectivity index is 1.32. The second-order valence-electron chi connectivity index (χ2n) is 12.1. The Kier molecular flexibility index (Phi) is 12.6. The average Bonchev–Trinajstić information content (AvgIpc) is 3.04. The Morgan fingerprint density at radius 2 is 1.62 bits per heavy atom. The third-order valence-corrected chi connectivity index (χ3v) is 8.13. The van der Waals surface area contributed by atoms with Crippen LogP contribution >= 0.6 is 0 Å². The number of para-hydroxylation sites is 1. The lowest BCUT2D eigenvalue weighted by atomic mass is 9.84. The molecular formula is C34H45N3O8. The highest BCUT2D eigenvalue weighted by Gasteiger charge is 2.28. The topological polar surface area (TPSA) is 143 Å². The lowest BCUT2D eigenvalue weighted by Crippen LogP contribution is -2.53. The van der Waals surface area contributed by atoms with Gasteiger partial charge in [0.25, 0.3) is 5.91 Å². The van der Waals surface area contributed by atoms with Crippen molar-refractivity contribution < 1.29 is 38.5 Å². The Bertz CT molecular complexity index is 1290. The minimum absolute atomic E-state index is 0.00215. The summed E-state index contributed by atoms with van der Waals surface area (Å²) in [6.07, 6.45) is 5.65. The number of aliphatic carboxylic acids is 1. The van der Waals surface area contributed by atoms with Crippen molar-refractivity contribution in [2.24, 2.45) is 5.92 Å². The molecule has 244 valence electrons. The zero-order chi connectivity index (χ0) is 32.2. The van der Waals surface area contributed by atoms with E-state index in [2.05, 4.69) is 16.7 Å². The van der Waals surface area contributed by atoms with Gasteiger partial charge in [0.15, 0.2) is 6.61 Å². The highest BCUT2D eigenvalue weighted by atomic mass is 16.6. The molecule has 0 spiro atoms. The number of carboxylic acids is 1. The molecular weight excluding hydrogens is 578 g/mol. The van der Waals surface area contributed by atoms with Crippen LogP contribution in [0.15, 0.2) is 48.5 Å². The van der Waals surface area contributed by atoms with Gasteiger partial charge in [0.1, 0.15) is 23.6 Å². The highest BCUT2D eigenvalue weighted by molar-refractivity contribution is 5.90. The van der Waals surface area contributed by atoms with Crippen molar-refractivity contribution in [1.29, 1.82) is 0 Å². The predicted molar refractivity (Wildman–Crippen MR) is 167 cm³/mol. The van der Waals surface area contributed by atoms with E-state index in [0.29, 0.717) is 55.7 Å². The molecule has 1 aliphatic carbocycles. The fourth-order valence-corrected chi connectivity index (χ4v) is 5.76. The van der Waals surface area contributed by atoms with Gasteiger partial charge in [-0.25, -0.2) is 9.59 Å². The Morgan fingerprint density at radius 3 is 2.29 bits per heavy atom. The van der Waals surface area contributed by atoms with Crippen LogP contribution in [0, 0.1) is 5.92 Å². The van der Waals surface area contributed by atoms with Crippen LogP contribution in [-0.4, -0.2) is 78.9 Å². The molecule has 1 saturated carbocycles. The summed E-state index contributed by atoms with van der Waals surface area (Å²) in [4.78, 5) is 52.2. The van der Waals surface area contributed by atoms with Crippen LogP contribution in [0.2, 0.25) is 0 Å². The lowest BCUT2D eigenvalue weighted by molar-refractivity contribution is -0.142. The summed E-state index contributed by atoms with van der Waals surface area (Å²) >= 11 is 0. The van der Waals surface area contributed by atoms with Gasteiger partial charge in [-0.1, -0.05) is 63.4 Å². The summed E-state index contributed by atoms with van der Waals surface area (Å²) in [7, 11) is 0. The van der Waals surface area contributed by atoms with Gasteiger partial charge < -0.3 is 34.9 Å². The number of nitrogens with zero attached hydrogens (tertiary/aromatic N) is 1. The SMILES string of the molecule is CC(C)CC(NC(=O)COc1ccccc1C1CCCCC1)C(=O)NC(Cc1ccc(OC(=O)N2CCOCC2)cc1)C(=O)O. The molecule has 2 unspecified atom stereocenters. The molecule has 11 nitrogen and oxygen atoms in total. The minimum atomic E-state index is -1.23. The summed E-state index contributed by atoms with van der Waals surface area (Å²) < 4.78 is 16.6. The maximum absolute atomic E-state index is 13.3. The summed E-state index contributed by atoms with van der Waals surface area (Å²) in [6.45, 7) is 5.42. The number of rotatable bonds is 13. The number of amides is 3. The molecule has 2 atom stereocenters. The van der Waals surface area contributed by atoms with Crippen LogP contribution < -0.4 is 20.1 Å². The normalized spacial score (nSPS) is 16.8. The smallest absolute Gasteiger partial charge is 0.415 e. The Labute approximate surface area is 264 Å². The zero-order valence-corrected chi connectivity index (χ0v) is 26.2. The van der Waals surface area contributed by atoms with Crippen molar-refractivity contribution in [2.45, 2.75) is 76.8 Å². The Morgan fingerprint density at radius 1 is 0.933 bits per heavy atom. The molecule has 0 aromatic heterocycles. The van der Waals surface area contributed by atoms with Gasteiger partial charge in [-0.2, -0.15) is 0 Å². The predicted octanol–water partition coefficient (Wildman–Crippen LogP) is 4.29. The molecule has 2 aromatic carbocycles. The van der Waals surface area contributed by atoms with E-state index in [1.54, 1.807) is 29.2 Å². The number of carboxylic acid groups (broad SMARTS) is 1. The monoisotopic (exact) mass is 623 g/mol. The molecule has 11 heteroatoms. The molecule has 3 N–H and O–H groups in total. The van der Waals surface area contributed by atoms with Crippen LogP contribution in [0.1, 0.15) is 69.4 Å². The molecule has 2 aromatic rings. The van der Waals surface area contributed by atoms with Gasteiger partial charge in [-0.3, -0.25) is 9.59 Å². The van der Waals surface area contributed by atoms with E-state index in [1.807, 2.05) is 32.0 Å². The number of morpholine rings is 1. The van der Waals surface area contributed by atoms with E-state index in [4.69, 9.17) is 14.2 Å². The average molecular weight is 624 g/mol. The molecule has 2 fully saturated rings. The molecule has 1 saturated heterocycles. The molecule has 1 aliphatic heterocycles. The van der Waals surface area contributed by atoms with E-state index in [9.17, 15) is 24.3 Å². The van der Waals surface area contributed by atoms with Crippen LogP contribution in [-0.2, 0) is 25.5 Å². The van der Waals surface area contributed by atoms with Crippen molar-refractivity contribution >= 4 is 23.9 Å². The number of hydrogen-bond donors (Lipinski definition) is 3. The zero-order valence-electron chi connectivity index (χ0n) is 26.2. The first-order valence-electron chi connectivity index (χ1n) is 15.9. The van der Waals surface area contributed by atoms with E-state index in [1.165, 1.54) is 19.3 Å². The largest absolute Gasteiger partial charge is 0.483 e. The molecule has 1 heterocycles. The van der Waals surface area contributed by atoms with Crippen molar-refractivity contribution in [2.75, 3.05) is 32.9 Å². The third-order valence-electron chi connectivity index (χ3n) is 8.13. The van der Waals surface area contributed by atoms with E-state index in [-0.39, 0.29) is 18.9 Å². The summed E-state index contributed by atoms with van der Waals surface area (Å²) in [5.74, 6) is -0.765. The van der Waals surface area contributed by atoms with Gasteiger partial charge in [0.2, 0.25) is 5.91 Å². The number of benzene rings is 2. The third kappa shape index (κ3) is 10.5. The fourth-order valence-electron chi connectivity index (χ4n) is 5.76. The van der Waals surface area contributed by atoms with Gasteiger partial charge in [-0.15, -0.1) is 0 Å². The van der Waals surface area contributed by atoms with Gasteiger partial charge in [0, 0.05) is 19.5 Å². The van der Waals surface area contributed by atoms with E-state index >= 15 is 0 Å². The Hall–Kier alpha value is -4.12. The number of ether oxygens (including phenoxy) is 3. The summed E-state index contributed by atoms with van der Waals surface area (Å²) in [6, 6.07) is 12.1. The first kappa shape index (κ1) is 33.8. The molecule has 45 heavy (non-hydrogen) atoms. The van der Waals surface area contributed by atoms with Crippen molar-refractivity contribution in [1.82, 2.24) is 15.5 Å². The van der Waals surface area contributed by atoms with Gasteiger partial charge in [-0.05, 0) is 60.4 Å². The van der Waals surface area contributed by atoms with E-state index < -0.39 is 36.0 Å². The number of nitrogens with one attached hydrogen (secondary N) is 2. The standard InChI is InChI=1S/C34H45N3O8/c1-23(2)20-28(35-31(38)22-44-30-11-7-6-10-27(30)25-8-4-3-5-9-25)32(39)36-29(33(40)41)21-24-12-14-26(15-13-24)45-34(42)37-16-18-43-19-17-37/h6-7,10-15,23,25,28-29H,3-5,8-9,16-22H2,1-2H3,(H,35,38)(H,36,39)(H,40,41). The second-order valence-corrected chi connectivity index (χ2v) is 12.1. The first-order valence-corrected chi connectivity index (χ1v) is 15.9. The lowest BCUT2D eigenvalue weighted by Gasteiger charge is -2.25. The van der Waals surface area contributed by atoms with Gasteiger partial charge >= 0.3 is 12.1 Å². The molecule has 0 radical (unpaired) electrons. The van der Waals surface area contributed by atoms with Crippen LogP contribution in [0.4, 0.5) is 4.79 Å². The van der Waals surface area contributed by atoms with Crippen molar-refractivity contribution in [3.63, 3.8) is 0 Å². The molecule has 4 rings (SSSR count). The quantitative estimate of drug-likeness (QED) is 0.300. The second kappa shape index (κ2) is 16.8. The van der Waals surface area contributed by atoms with Crippen LogP contribution in [0.25, 0.3) is 0 Å². The molecule has 3 amide bonds. The van der Waals surface area contributed by atoms with Crippen molar-refractivity contribution in [3.8, 4) is 11.5 Å². The molecule has 2 aliphatic rings. The summed E-state index contributed by atoms with van der Waals surface area (Å²) in [5, 5.41) is 15.2. The maximum atomic E-state index is 13.3. The van der Waals surface area contributed by atoms with Crippen LogP contribution in [0.3, 0.4) is 0 Å². The summed E-state index contributed by atoms with van der Waals surface area (Å²) in [5.41, 5.74) is 1.73.